The molecule has 0 atom stereocenters. The van der Waals surface area contributed by atoms with E-state index in [-0.39, 0.29) is 11.5 Å². The Balaban J connectivity index is 1.01. The Hall–Kier alpha value is -3.20. The van der Waals surface area contributed by atoms with Gasteiger partial charge in [0, 0.05) is 30.9 Å². The SMILES string of the molecule is CCCOc1ccc2[nH]c(-c3ccc(N4CCC(OCC56CCC(C(=O)O)(CC5)CC6)CC4)nc3)nc2n1. The molecule has 7 rings (SSSR count). The number of ether oxygens (including phenoxy) is 2. The number of piperidine rings is 1. The number of aromatic nitrogens is 4. The second-order valence-electron chi connectivity index (χ2n) is 11.4. The van der Waals surface area contributed by atoms with Gasteiger partial charge in [-0.2, -0.15) is 4.98 Å². The molecule has 4 fully saturated rings. The minimum absolute atomic E-state index is 0.196. The molecule has 0 aromatic carbocycles. The summed E-state index contributed by atoms with van der Waals surface area (Å²) in [6.07, 6.45) is 10.4. The van der Waals surface area contributed by atoms with E-state index in [1.807, 2.05) is 18.3 Å². The molecule has 1 aliphatic heterocycles. The summed E-state index contributed by atoms with van der Waals surface area (Å²) in [5.74, 6) is 1.72. The second kappa shape index (κ2) is 10.2. The fourth-order valence-corrected chi connectivity index (χ4v) is 6.36. The van der Waals surface area contributed by atoms with E-state index in [0.717, 1.165) is 100 Å². The van der Waals surface area contributed by atoms with Crippen LogP contribution in [0.15, 0.2) is 30.5 Å². The van der Waals surface area contributed by atoms with Gasteiger partial charge >= 0.3 is 5.97 Å². The van der Waals surface area contributed by atoms with Crippen LogP contribution in [0.1, 0.15) is 64.7 Å². The van der Waals surface area contributed by atoms with Crippen LogP contribution in [0.2, 0.25) is 0 Å². The highest BCUT2D eigenvalue weighted by Crippen LogP contribution is 2.57. The number of carboxylic acid groups (broad SMARTS) is 1. The van der Waals surface area contributed by atoms with Crippen LogP contribution >= 0.6 is 0 Å². The lowest BCUT2D eigenvalue weighted by molar-refractivity contribution is -0.162. The summed E-state index contributed by atoms with van der Waals surface area (Å²) in [7, 11) is 0. The van der Waals surface area contributed by atoms with E-state index in [1.54, 1.807) is 0 Å². The average Bonchev–Trinajstić information content (AvgIpc) is 3.40. The van der Waals surface area contributed by atoms with Crippen LogP contribution in [0.25, 0.3) is 22.6 Å². The monoisotopic (exact) mass is 519 g/mol. The van der Waals surface area contributed by atoms with Crippen LogP contribution in [-0.2, 0) is 9.53 Å². The normalized spacial score (nSPS) is 25.7. The number of carboxylic acids is 1. The molecule has 202 valence electrons. The lowest BCUT2D eigenvalue weighted by Crippen LogP contribution is -2.48. The van der Waals surface area contributed by atoms with Gasteiger partial charge < -0.3 is 24.5 Å². The smallest absolute Gasteiger partial charge is 0.309 e. The molecule has 3 aromatic heterocycles. The Labute approximate surface area is 223 Å². The van der Waals surface area contributed by atoms with Crippen molar-refractivity contribution in [2.45, 2.75) is 70.8 Å². The molecule has 2 bridgehead atoms. The number of H-pyrrole nitrogens is 1. The zero-order valence-electron chi connectivity index (χ0n) is 22.1. The van der Waals surface area contributed by atoms with E-state index in [0.29, 0.717) is 18.1 Å². The number of hydrogen-bond acceptors (Lipinski definition) is 7. The topological polar surface area (TPSA) is 113 Å². The molecule has 0 unspecified atom stereocenters. The molecule has 2 N–H and O–H groups in total. The van der Waals surface area contributed by atoms with E-state index in [2.05, 4.69) is 38.9 Å². The molecule has 9 nitrogen and oxygen atoms in total. The standard InChI is InChI=1S/C29H37N5O4/c1-2-17-37-24-6-4-22-26(32-24)33-25(31-22)20-3-5-23(30-18-20)34-15-7-21(8-16-34)38-19-28-9-12-29(13-10-28,14-11-28)27(35)36/h3-6,18,21H,2,7-17,19H2,1H3,(H,35,36)(H,31,32,33). The minimum Gasteiger partial charge on any atom is -0.481 e. The number of hydrogen-bond donors (Lipinski definition) is 2. The maximum atomic E-state index is 11.7. The Morgan fingerprint density at radius 3 is 2.50 bits per heavy atom. The third-order valence-corrected chi connectivity index (χ3v) is 9.04. The number of nitrogens with one attached hydrogen (secondary N) is 1. The van der Waals surface area contributed by atoms with Gasteiger partial charge in [-0.15, -0.1) is 0 Å². The van der Waals surface area contributed by atoms with Crippen LogP contribution in [0.3, 0.4) is 0 Å². The predicted molar refractivity (Wildman–Crippen MR) is 144 cm³/mol. The van der Waals surface area contributed by atoms with Crippen LogP contribution in [0.4, 0.5) is 5.82 Å². The number of imidazole rings is 1. The lowest BCUT2D eigenvalue weighted by Gasteiger charge is -2.51. The van der Waals surface area contributed by atoms with Crippen molar-refractivity contribution < 1.29 is 19.4 Å². The number of aliphatic carboxylic acids is 1. The largest absolute Gasteiger partial charge is 0.481 e. The van der Waals surface area contributed by atoms with E-state index in [9.17, 15) is 9.90 Å². The maximum Gasteiger partial charge on any atom is 0.309 e. The summed E-state index contributed by atoms with van der Waals surface area (Å²) < 4.78 is 12.1. The molecule has 9 heteroatoms. The van der Waals surface area contributed by atoms with Crippen molar-refractivity contribution in [3.8, 4) is 17.3 Å². The molecule has 4 aliphatic rings. The number of rotatable bonds is 9. The summed E-state index contributed by atoms with van der Waals surface area (Å²) in [6.45, 7) is 5.32. The summed E-state index contributed by atoms with van der Waals surface area (Å²) >= 11 is 0. The molecule has 0 spiro atoms. The molecule has 38 heavy (non-hydrogen) atoms. The molecular weight excluding hydrogens is 482 g/mol. The minimum atomic E-state index is -0.596. The van der Waals surface area contributed by atoms with Gasteiger partial charge in [0.25, 0.3) is 0 Å². The number of anilines is 1. The van der Waals surface area contributed by atoms with Crippen molar-refractivity contribution >= 4 is 23.0 Å². The first-order chi connectivity index (χ1) is 18.5. The fraction of sp³-hybridized carbons (Fsp3) is 0.586. The van der Waals surface area contributed by atoms with Crippen molar-refractivity contribution in [1.82, 2.24) is 19.9 Å². The molecule has 3 aromatic rings. The average molecular weight is 520 g/mol. The number of nitrogens with zero attached hydrogens (tertiary/aromatic N) is 4. The molecular formula is C29H37N5O4. The van der Waals surface area contributed by atoms with Gasteiger partial charge in [-0.3, -0.25) is 4.79 Å². The molecule has 4 heterocycles. The van der Waals surface area contributed by atoms with Crippen molar-refractivity contribution in [2.24, 2.45) is 10.8 Å². The van der Waals surface area contributed by atoms with Gasteiger partial charge in [0.05, 0.1) is 30.2 Å². The first-order valence-electron chi connectivity index (χ1n) is 14.0. The van der Waals surface area contributed by atoms with Gasteiger partial charge in [0.15, 0.2) is 5.65 Å². The highest BCUT2D eigenvalue weighted by molar-refractivity contribution is 5.76. The van der Waals surface area contributed by atoms with E-state index >= 15 is 0 Å². The molecule has 3 aliphatic carbocycles. The van der Waals surface area contributed by atoms with Crippen LogP contribution in [-0.4, -0.2) is 63.4 Å². The summed E-state index contributed by atoms with van der Waals surface area (Å²) in [4.78, 5) is 31.2. The van der Waals surface area contributed by atoms with Gasteiger partial charge in [0.1, 0.15) is 11.6 Å². The summed E-state index contributed by atoms with van der Waals surface area (Å²) in [5.41, 5.74) is 2.18. The zero-order chi connectivity index (χ0) is 26.2. The van der Waals surface area contributed by atoms with Crippen LogP contribution < -0.4 is 9.64 Å². The lowest BCUT2D eigenvalue weighted by atomic mass is 9.54. The highest BCUT2D eigenvalue weighted by atomic mass is 16.5. The van der Waals surface area contributed by atoms with Gasteiger partial charge in [-0.25, -0.2) is 9.97 Å². The number of aromatic amines is 1. The van der Waals surface area contributed by atoms with Crippen molar-refractivity contribution in [3.63, 3.8) is 0 Å². The molecule has 0 amide bonds. The molecule has 0 radical (unpaired) electrons. The Bertz CT molecular complexity index is 1260. The second-order valence-corrected chi connectivity index (χ2v) is 11.4. The summed E-state index contributed by atoms with van der Waals surface area (Å²) in [6, 6.07) is 7.93. The fourth-order valence-electron chi connectivity index (χ4n) is 6.36. The number of carbonyl (C=O) groups is 1. The van der Waals surface area contributed by atoms with E-state index < -0.39 is 11.4 Å². The third kappa shape index (κ3) is 4.84. The third-order valence-electron chi connectivity index (χ3n) is 9.04. The number of fused-ring (bicyclic) bond motifs is 4. The number of pyridine rings is 2. The first kappa shape index (κ1) is 25.1. The van der Waals surface area contributed by atoms with Crippen molar-refractivity contribution in [1.29, 1.82) is 0 Å². The molecule has 1 saturated heterocycles. The van der Waals surface area contributed by atoms with Crippen LogP contribution in [0, 0.1) is 10.8 Å². The Morgan fingerprint density at radius 1 is 1.08 bits per heavy atom. The van der Waals surface area contributed by atoms with Crippen molar-refractivity contribution in [3.05, 3.63) is 30.5 Å². The van der Waals surface area contributed by atoms with Crippen LogP contribution in [0.5, 0.6) is 5.88 Å². The van der Waals surface area contributed by atoms with Gasteiger partial charge in [-0.1, -0.05) is 6.92 Å². The predicted octanol–water partition coefficient (Wildman–Crippen LogP) is 5.22. The Morgan fingerprint density at radius 2 is 1.84 bits per heavy atom. The van der Waals surface area contributed by atoms with E-state index in [4.69, 9.17) is 14.5 Å². The van der Waals surface area contributed by atoms with Gasteiger partial charge in [-0.05, 0) is 81.4 Å². The summed E-state index contributed by atoms with van der Waals surface area (Å²) in [5, 5.41) is 9.63. The highest BCUT2D eigenvalue weighted by Gasteiger charge is 2.52. The zero-order valence-corrected chi connectivity index (χ0v) is 22.1. The first-order valence-corrected chi connectivity index (χ1v) is 14.0. The van der Waals surface area contributed by atoms with Crippen molar-refractivity contribution in [2.75, 3.05) is 31.2 Å². The Kier molecular flexibility index (Phi) is 6.72. The quantitative estimate of drug-likeness (QED) is 0.396. The van der Waals surface area contributed by atoms with E-state index in [1.165, 1.54) is 0 Å². The molecule has 3 saturated carbocycles. The van der Waals surface area contributed by atoms with Gasteiger partial charge in [0.2, 0.25) is 5.88 Å². The maximum absolute atomic E-state index is 11.7.